The number of nitrogens with two attached hydrogens (primary N) is 1. The van der Waals surface area contributed by atoms with Gasteiger partial charge in [0.25, 0.3) is 5.91 Å². The molecule has 2 fully saturated rings. The lowest BCUT2D eigenvalue weighted by Gasteiger charge is -2.44. The first-order chi connectivity index (χ1) is 17.5. The van der Waals surface area contributed by atoms with Crippen molar-refractivity contribution in [3.05, 3.63) is 71.9 Å². The zero-order valence-electron chi connectivity index (χ0n) is 20.4. The molecule has 0 bridgehead atoms. The summed E-state index contributed by atoms with van der Waals surface area (Å²) >= 11 is 0. The molecule has 0 unspecified atom stereocenters. The van der Waals surface area contributed by atoms with Gasteiger partial charge in [0.05, 0.1) is 5.92 Å². The highest BCUT2D eigenvalue weighted by atomic mass is 16.2. The van der Waals surface area contributed by atoms with E-state index in [2.05, 4.69) is 15.2 Å². The fourth-order valence-electron chi connectivity index (χ4n) is 5.69. The Morgan fingerprint density at radius 2 is 1.69 bits per heavy atom. The summed E-state index contributed by atoms with van der Waals surface area (Å²) in [5.74, 6) is -0.845. The largest absolute Gasteiger partial charge is 0.368 e. The van der Waals surface area contributed by atoms with E-state index in [9.17, 15) is 14.4 Å². The number of nitrogens with zero attached hydrogens (tertiary/aromatic N) is 2. The number of primary amides is 1. The lowest BCUT2D eigenvalue weighted by molar-refractivity contribution is -0.133. The third-order valence-electron chi connectivity index (χ3n) is 7.64. The second-order valence-electron chi connectivity index (χ2n) is 9.82. The molecule has 2 aliphatic rings. The fourth-order valence-corrected chi connectivity index (χ4v) is 5.69. The van der Waals surface area contributed by atoms with E-state index < -0.39 is 11.9 Å². The Hall–Kier alpha value is -3.65. The number of H-pyrrole nitrogens is 1. The highest BCUT2D eigenvalue weighted by Gasteiger charge is 2.38. The van der Waals surface area contributed by atoms with E-state index in [0.29, 0.717) is 24.2 Å². The Morgan fingerprint density at radius 3 is 2.44 bits per heavy atom. The van der Waals surface area contributed by atoms with Crippen molar-refractivity contribution in [2.75, 3.05) is 26.2 Å². The SMILES string of the molecule is NC(=O)[C@@H](NC(=O)[C@@H]1CCCC[C@H]1N1CCN(C(=O)c2ccc3[nH]ccc3c2)CC1)c1ccccc1. The van der Waals surface area contributed by atoms with E-state index in [1.807, 2.05) is 53.6 Å². The molecule has 0 radical (unpaired) electrons. The second kappa shape index (κ2) is 10.5. The van der Waals surface area contributed by atoms with Gasteiger partial charge in [-0.15, -0.1) is 0 Å². The number of piperazine rings is 1. The van der Waals surface area contributed by atoms with Crippen molar-refractivity contribution >= 4 is 28.6 Å². The normalized spacial score (nSPS) is 21.7. The summed E-state index contributed by atoms with van der Waals surface area (Å²) in [5, 5.41) is 3.95. The minimum Gasteiger partial charge on any atom is -0.368 e. The monoisotopic (exact) mass is 487 g/mol. The van der Waals surface area contributed by atoms with Gasteiger partial charge in [0.1, 0.15) is 6.04 Å². The predicted octanol–water partition coefficient (Wildman–Crippen LogP) is 2.83. The van der Waals surface area contributed by atoms with Crippen LogP contribution in [-0.4, -0.2) is 64.7 Å². The molecule has 1 saturated carbocycles. The average molecular weight is 488 g/mol. The van der Waals surface area contributed by atoms with Crippen LogP contribution < -0.4 is 11.1 Å². The molecule has 1 saturated heterocycles. The summed E-state index contributed by atoms with van der Waals surface area (Å²) in [6.07, 6.45) is 5.65. The number of amides is 3. The molecular formula is C28H33N5O3. The van der Waals surface area contributed by atoms with Crippen LogP contribution in [0.25, 0.3) is 10.9 Å². The van der Waals surface area contributed by atoms with Crippen molar-refractivity contribution < 1.29 is 14.4 Å². The Bertz CT molecular complexity index is 1230. The van der Waals surface area contributed by atoms with Crippen LogP contribution in [0.3, 0.4) is 0 Å². The predicted molar refractivity (Wildman–Crippen MR) is 138 cm³/mol. The smallest absolute Gasteiger partial charge is 0.253 e. The maximum absolute atomic E-state index is 13.4. The Morgan fingerprint density at radius 1 is 0.944 bits per heavy atom. The van der Waals surface area contributed by atoms with E-state index in [0.717, 1.165) is 49.7 Å². The van der Waals surface area contributed by atoms with Crippen LogP contribution in [0, 0.1) is 5.92 Å². The van der Waals surface area contributed by atoms with Gasteiger partial charge in [-0.1, -0.05) is 43.2 Å². The minimum absolute atomic E-state index is 0.0443. The number of fused-ring (bicyclic) bond motifs is 1. The quantitative estimate of drug-likeness (QED) is 0.496. The summed E-state index contributed by atoms with van der Waals surface area (Å²) in [7, 11) is 0. The van der Waals surface area contributed by atoms with Crippen molar-refractivity contribution in [2.24, 2.45) is 11.7 Å². The molecule has 2 heterocycles. The van der Waals surface area contributed by atoms with Gasteiger partial charge in [-0.25, -0.2) is 0 Å². The van der Waals surface area contributed by atoms with Crippen LogP contribution >= 0.6 is 0 Å². The zero-order chi connectivity index (χ0) is 25.1. The van der Waals surface area contributed by atoms with E-state index in [1.54, 1.807) is 12.1 Å². The number of carbonyl (C=O) groups is 3. The fraction of sp³-hybridized carbons (Fsp3) is 0.393. The number of rotatable bonds is 6. The molecule has 3 atom stereocenters. The van der Waals surface area contributed by atoms with Crippen LogP contribution in [0.4, 0.5) is 0 Å². The summed E-state index contributed by atoms with van der Waals surface area (Å²) in [6.45, 7) is 2.71. The molecule has 8 heteroatoms. The van der Waals surface area contributed by atoms with Gasteiger partial charge in [-0.05, 0) is 42.7 Å². The summed E-state index contributed by atoms with van der Waals surface area (Å²) in [5.41, 5.74) is 8.04. The molecule has 4 N–H and O–H groups in total. The number of nitrogens with one attached hydrogen (secondary N) is 2. The van der Waals surface area contributed by atoms with Crippen LogP contribution in [0.2, 0.25) is 0 Å². The molecule has 1 aromatic heterocycles. The molecule has 188 valence electrons. The van der Waals surface area contributed by atoms with Gasteiger partial charge < -0.3 is 20.9 Å². The molecule has 2 aromatic carbocycles. The van der Waals surface area contributed by atoms with E-state index in [4.69, 9.17) is 5.73 Å². The second-order valence-corrected chi connectivity index (χ2v) is 9.82. The topological polar surface area (TPSA) is 112 Å². The van der Waals surface area contributed by atoms with Crippen molar-refractivity contribution in [1.82, 2.24) is 20.1 Å². The third kappa shape index (κ3) is 4.99. The highest BCUT2D eigenvalue weighted by Crippen LogP contribution is 2.30. The summed E-state index contributed by atoms with van der Waals surface area (Å²) in [6, 6.07) is 16.1. The maximum Gasteiger partial charge on any atom is 0.253 e. The Balaban J connectivity index is 1.23. The van der Waals surface area contributed by atoms with E-state index in [-0.39, 0.29) is 23.8 Å². The molecular weight excluding hydrogens is 454 g/mol. The number of hydrogen-bond donors (Lipinski definition) is 3. The van der Waals surface area contributed by atoms with Gasteiger partial charge in [-0.3, -0.25) is 19.3 Å². The van der Waals surface area contributed by atoms with Gasteiger partial charge in [0, 0.05) is 54.9 Å². The molecule has 1 aliphatic heterocycles. The Labute approximate surface area is 210 Å². The first-order valence-electron chi connectivity index (χ1n) is 12.8. The number of hydrogen-bond acceptors (Lipinski definition) is 4. The molecule has 36 heavy (non-hydrogen) atoms. The zero-order valence-corrected chi connectivity index (χ0v) is 20.4. The van der Waals surface area contributed by atoms with Gasteiger partial charge in [0.15, 0.2) is 0 Å². The molecule has 5 rings (SSSR count). The number of carbonyl (C=O) groups excluding carboxylic acids is 3. The Kier molecular flexibility index (Phi) is 7.04. The molecule has 3 amide bonds. The summed E-state index contributed by atoms with van der Waals surface area (Å²) in [4.78, 5) is 46.0. The van der Waals surface area contributed by atoms with Crippen molar-refractivity contribution in [3.63, 3.8) is 0 Å². The first-order valence-corrected chi connectivity index (χ1v) is 12.8. The van der Waals surface area contributed by atoms with Crippen LogP contribution in [-0.2, 0) is 9.59 Å². The third-order valence-corrected chi connectivity index (χ3v) is 7.64. The first kappa shape index (κ1) is 24.1. The lowest BCUT2D eigenvalue weighted by Crippen LogP contribution is -2.56. The number of aromatic nitrogens is 1. The molecule has 3 aromatic rings. The van der Waals surface area contributed by atoms with Crippen molar-refractivity contribution in [3.8, 4) is 0 Å². The molecule has 8 nitrogen and oxygen atoms in total. The van der Waals surface area contributed by atoms with Crippen molar-refractivity contribution in [2.45, 2.75) is 37.8 Å². The lowest BCUT2D eigenvalue weighted by atomic mass is 9.82. The standard InChI is InChI=1S/C28H33N5O3/c29-26(34)25(19-6-2-1-3-7-19)31-27(35)22-8-4-5-9-24(22)32-14-16-33(17-15-32)28(36)21-10-11-23-20(18-21)12-13-30-23/h1-3,6-7,10-13,18,22,24-25,30H,4-5,8-9,14-17H2,(H2,29,34)(H,31,35)/t22-,24-,25+/m1/s1. The van der Waals surface area contributed by atoms with Crippen LogP contribution in [0.15, 0.2) is 60.8 Å². The van der Waals surface area contributed by atoms with Crippen molar-refractivity contribution in [1.29, 1.82) is 0 Å². The van der Waals surface area contributed by atoms with Gasteiger partial charge in [0.2, 0.25) is 11.8 Å². The average Bonchev–Trinajstić information content (AvgIpc) is 3.40. The van der Waals surface area contributed by atoms with Gasteiger partial charge in [-0.2, -0.15) is 0 Å². The maximum atomic E-state index is 13.4. The minimum atomic E-state index is -0.840. The van der Waals surface area contributed by atoms with Gasteiger partial charge >= 0.3 is 0 Å². The number of benzene rings is 2. The molecule has 1 aliphatic carbocycles. The van der Waals surface area contributed by atoms with Crippen LogP contribution in [0.5, 0.6) is 0 Å². The van der Waals surface area contributed by atoms with Crippen LogP contribution in [0.1, 0.15) is 47.6 Å². The van der Waals surface area contributed by atoms with E-state index in [1.165, 1.54) is 0 Å². The molecule has 0 spiro atoms. The summed E-state index contributed by atoms with van der Waals surface area (Å²) < 4.78 is 0. The highest BCUT2D eigenvalue weighted by molar-refractivity contribution is 5.98. The van der Waals surface area contributed by atoms with E-state index >= 15 is 0 Å². The number of aromatic amines is 1.